The van der Waals surface area contributed by atoms with Crippen LogP contribution >= 0.6 is 0 Å². The number of amides is 2. The second-order valence-corrected chi connectivity index (χ2v) is 10.1. The van der Waals surface area contributed by atoms with Crippen LogP contribution in [0.1, 0.15) is 0 Å². The summed E-state index contributed by atoms with van der Waals surface area (Å²) in [5.41, 5.74) is 0.826. The van der Waals surface area contributed by atoms with Crippen LogP contribution in [0, 0.1) is 11.6 Å². The maximum absolute atomic E-state index is 13.0. The molecule has 2 N–H and O–H groups in total. The van der Waals surface area contributed by atoms with E-state index in [0.29, 0.717) is 11.4 Å². The van der Waals surface area contributed by atoms with Crippen molar-refractivity contribution in [2.45, 2.75) is 9.79 Å². The molecule has 0 aliphatic heterocycles. The average molecular weight is 553 g/mol. The summed E-state index contributed by atoms with van der Waals surface area (Å²) in [6.45, 7) is -0.653. The quantitative estimate of drug-likeness (QED) is 0.292. The van der Waals surface area contributed by atoms with Crippen molar-refractivity contribution >= 4 is 33.0 Å². The van der Waals surface area contributed by atoms with Gasteiger partial charge < -0.3 is 20.1 Å². The average Bonchev–Trinajstić information content (AvgIpc) is 2.94. The number of benzene rings is 4. The summed E-state index contributed by atoms with van der Waals surface area (Å²) in [5, 5.41) is 5.11. The molecule has 0 aromatic heterocycles. The standard InChI is InChI=1S/C28H22F2N2O6S/c29-19-1-5-21(6-2-19)31-27(33)17-37-23-9-13-25(14-10-23)39(35,36)26-15-11-24(12-16-26)38-18-28(34)32-22-7-3-20(30)4-8-22/h1-16H,17-18H2,(H,31,33)(H,32,34). The molecule has 2 amide bonds. The molecule has 0 saturated heterocycles. The lowest BCUT2D eigenvalue weighted by atomic mass is 10.3. The van der Waals surface area contributed by atoms with Crippen molar-refractivity contribution in [2.75, 3.05) is 23.8 Å². The molecule has 0 bridgehead atoms. The van der Waals surface area contributed by atoms with Gasteiger partial charge in [0.05, 0.1) is 9.79 Å². The molecule has 0 aliphatic rings. The van der Waals surface area contributed by atoms with Gasteiger partial charge in [0.15, 0.2) is 13.2 Å². The number of hydrogen-bond donors (Lipinski definition) is 2. The Bertz CT molecular complexity index is 1430. The number of rotatable bonds is 10. The summed E-state index contributed by atoms with van der Waals surface area (Å²) in [6.07, 6.45) is 0. The Morgan fingerprint density at radius 3 is 1.23 bits per heavy atom. The van der Waals surface area contributed by atoms with E-state index in [1.54, 1.807) is 0 Å². The first-order valence-electron chi connectivity index (χ1n) is 11.5. The maximum Gasteiger partial charge on any atom is 0.262 e. The molecular formula is C28H22F2N2O6S. The summed E-state index contributed by atoms with van der Waals surface area (Å²) >= 11 is 0. The summed E-state index contributed by atoms with van der Waals surface area (Å²) in [6, 6.07) is 21.6. The summed E-state index contributed by atoms with van der Waals surface area (Å²) in [5.74, 6) is -1.21. The number of carbonyl (C=O) groups is 2. The zero-order chi connectivity index (χ0) is 27.8. The highest BCUT2D eigenvalue weighted by atomic mass is 32.2. The monoisotopic (exact) mass is 552 g/mol. The van der Waals surface area contributed by atoms with Gasteiger partial charge in [0.25, 0.3) is 11.8 Å². The van der Waals surface area contributed by atoms with Crippen LogP contribution in [-0.2, 0) is 19.4 Å². The molecule has 0 aliphatic carbocycles. The minimum Gasteiger partial charge on any atom is -0.484 e. The zero-order valence-corrected chi connectivity index (χ0v) is 21.1. The van der Waals surface area contributed by atoms with Crippen molar-refractivity contribution in [3.05, 3.63) is 109 Å². The Morgan fingerprint density at radius 1 is 0.564 bits per heavy atom. The summed E-state index contributed by atoms with van der Waals surface area (Å²) < 4.78 is 62.7. The maximum atomic E-state index is 13.0. The first-order chi connectivity index (χ1) is 18.7. The predicted molar refractivity (Wildman–Crippen MR) is 139 cm³/mol. The Labute approximate surface area is 223 Å². The van der Waals surface area contributed by atoms with E-state index in [2.05, 4.69) is 10.6 Å². The number of sulfone groups is 1. The van der Waals surface area contributed by atoms with Crippen molar-refractivity contribution in [1.82, 2.24) is 0 Å². The molecule has 0 radical (unpaired) electrons. The molecule has 0 saturated carbocycles. The molecule has 0 unspecified atom stereocenters. The third-order valence-corrected chi connectivity index (χ3v) is 7.05. The topological polar surface area (TPSA) is 111 Å². The fourth-order valence-electron chi connectivity index (χ4n) is 3.32. The van der Waals surface area contributed by atoms with E-state index in [1.165, 1.54) is 97.1 Å². The van der Waals surface area contributed by atoms with Gasteiger partial charge in [-0.15, -0.1) is 0 Å². The molecule has 39 heavy (non-hydrogen) atoms. The van der Waals surface area contributed by atoms with Crippen LogP contribution in [0.3, 0.4) is 0 Å². The van der Waals surface area contributed by atoms with Crippen LogP contribution in [0.4, 0.5) is 20.2 Å². The molecule has 200 valence electrons. The molecule has 0 atom stereocenters. The number of nitrogens with one attached hydrogen (secondary N) is 2. The fourth-order valence-corrected chi connectivity index (χ4v) is 4.59. The number of hydrogen-bond acceptors (Lipinski definition) is 6. The first-order valence-corrected chi connectivity index (χ1v) is 13.0. The summed E-state index contributed by atoms with van der Waals surface area (Å²) in [4.78, 5) is 24.1. The van der Waals surface area contributed by atoms with E-state index < -0.39 is 33.3 Å². The SMILES string of the molecule is O=C(COc1ccc(S(=O)(=O)c2ccc(OCC(=O)Nc3ccc(F)cc3)cc2)cc1)Nc1ccc(F)cc1. The van der Waals surface area contributed by atoms with Crippen molar-refractivity contribution in [3.63, 3.8) is 0 Å². The Morgan fingerprint density at radius 2 is 0.897 bits per heavy atom. The normalized spacial score (nSPS) is 10.9. The number of ether oxygens (including phenoxy) is 2. The molecule has 4 aromatic carbocycles. The summed E-state index contributed by atoms with van der Waals surface area (Å²) in [7, 11) is -3.85. The highest BCUT2D eigenvalue weighted by Crippen LogP contribution is 2.25. The van der Waals surface area contributed by atoms with Gasteiger partial charge in [-0.3, -0.25) is 9.59 Å². The lowest BCUT2D eigenvalue weighted by Crippen LogP contribution is -2.20. The van der Waals surface area contributed by atoms with Crippen LogP contribution in [0.25, 0.3) is 0 Å². The smallest absolute Gasteiger partial charge is 0.262 e. The number of halogens is 2. The third-order valence-electron chi connectivity index (χ3n) is 5.26. The van der Waals surface area contributed by atoms with Gasteiger partial charge in [0.2, 0.25) is 9.84 Å². The van der Waals surface area contributed by atoms with Gasteiger partial charge in [-0.25, -0.2) is 17.2 Å². The van der Waals surface area contributed by atoms with Crippen LogP contribution in [0.2, 0.25) is 0 Å². The van der Waals surface area contributed by atoms with E-state index in [4.69, 9.17) is 9.47 Å². The zero-order valence-electron chi connectivity index (χ0n) is 20.3. The van der Waals surface area contributed by atoms with E-state index in [1.807, 2.05) is 0 Å². The van der Waals surface area contributed by atoms with Crippen LogP contribution in [-0.4, -0.2) is 33.4 Å². The van der Waals surface area contributed by atoms with Crippen molar-refractivity contribution in [1.29, 1.82) is 0 Å². The Balaban J connectivity index is 1.29. The molecule has 4 aromatic rings. The van der Waals surface area contributed by atoms with Gasteiger partial charge in [0, 0.05) is 11.4 Å². The van der Waals surface area contributed by atoms with Crippen molar-refractivity contribution in [3.8, 4) is 11.5 Å². The van der Waals surface area contributed by atoms with E-state index in [0.717, 1.165) is 0 Å². The molecule has 8 nitrogen and oxygen atoms in total. The van der Waals surface area contributed by atoms with Gasteiger partial charge in [-0.1, -0.05) is 0 Å². The molecule has 4 rings (SSSR count). The van der Waals surface area contributed by atoms with Gasteiger partial charge in [-0.2, -0.15) is 0 Å². The van der Waals surface area contributed by atoms with Crippen molar-refractivity contribution in [2.24, 2.45) is 0 Å². The molecular weight excluding hydrogens is 530 g/mol. The van der Waals surface area contributed by atoms with Crippen LogP contribution < -0.4 is 20.1 Å². The Kier molecular flexibility index (Phi) is 8.52. The van der Waals surface area contributed by atoms with Crippen LogP contribution in [0.15, 0.2) is 107 Å². The second-order valence-electron chi connectivity index (χ2n) is 8.13. The van der Waals surface area contributed by atoms with E-state index in [-0.39, 0.29) is 34.5 Å². The fraction of sp³-hybridized carbons (Fsp3) is 0.0714. The lowest BCUT2D eigenvalue weighted by molar-refractivity contribution is -0.118. The van der Waals surface area contributed by atoms with Crippen molar-refractivity contribution < 1.29 is 36.3 Å². The molecule has 11 heteroatoms. The Hall–Kier alpha value is -4.77. The van der Waals surface area contributed by atoms with Gasteiger partial charge in [0.1, 0.15) is 23.1 Å². The second kappa shape index (κ2) is 12.2. The third kappa shape index (κ3) is 7.62. The predicted octanol–water partition coefficient (Wildman–Crippen LogP) is 4.83. The first kappa shape index (κ1) is 27.3. The van der Waals surface area contributed by atoms with Gasteiger partial charge in [-0.05, 0) is 97.1 Å². The van der Waals surface area contributed by atoms with E-state index in [9.17, 15) is 26.8 Å². The largest absolute Gasteiger partial charge is 0.484 e. The highest BCUT2D eigenvalue weighted by molar-refractivity contribution is 7.91. The highest BCUT2D eigenvalue weighted by Gasteiger charge is 2.18. The van der Waals surface area contributed by atoms with E-state index >= 15 is 0 Å². The minimum absolute atomic E-state index is 0.0120. The number of carbonyl (C=O) groups excluding carboxylic acids is 2. The number of anilines is 2. The lowest BCUT2D eigenvalue weighted by Gasteiger charge is -2.10. The molecule has 0 fully saturated rings. The molecule has 0 heterocycles. The minimum atomic E-state index is -3.85. The van der Waals surface area contributed by atoms with Crippen LogP contribution in [0.5, 0.6) is 11.5 Å². The van der Waals surface area contributed by atoms with Gasteiger partial charge >= 0.3 is 0 Å². The molecule has 0 spiro atoms.